The van der Waals surface area contributed by atoms with Gasteiger partial charge in [-0.15, -0.1) is 11.3 Å². The molecule has 0 bridgehead atoms. The van der Waals surface area contributed by atoms with E-state index in [2.05, 4.69) is 20.9 Å². The standard InChI is InChI=1S/C5H3BrClNOS/c6-5-8-3(2-10-5)1-4(7)9/h2H,1H2. The van der Waals surface area contributed by atoms with Gasteiger partial charge in [0.25, 0.3) is 0 Å². The Morgan fingerprint density at radius 2 is 2.60 bits per heavy atom. The van der Waals surface area contributed by atoms with Crippen LogP contribution in [0.3, 0.4) is 0 Å². The molecule has 0 aromatic carbocycles. The Morgan fingerprint density at radius 1 is 1.90 bits per heavy atom. The van der Waals surface area contributed by atoms with Crippen molar-refractivity contribution >= 4 is 44.1 Å². The Labute approximate surface area is 75.4 Å². The van der Waals surface area contributed by atoms with Gasteiger partial charge in [-0.3, -0.25) is 4.79 Å². The highest BCUT2D eigenvalue weighted by molar-refractivity contribution is 9.11. The van der Waals surface area contributed by atoms with Crippen LogP contribution in [-0.4, -0.2) is 10.2 Å². The van der Waals surface area contributed by atoms with E-state index in [1.54, 1.807) is 5.38 Å². The molecule has 0 amide bonds. The zero-order chi connectivity index (χ0) is 7.56. The number of thiazole rings is 1. The lowest BCUT2D eigenvalue weighted by Gasteiger charge is -1.83. The van der Waals surface area contributed by atoms with Crippen molar-refractivity contribution in [3.63, 3.8) is 0 Å². The molecular formula is C5H3BrClNOS. The van der Waals surface area contributed by atoms with Crippen LogP contribution in [0, 0.1) is 0 Å². The van der Waals surface area contributed by atoms with Gasteiger partial charge in [-0.2, -0.15) is 0 Å². The Hall–Kier alpha value is 0.0700. The van der Waals surface area contributed by atoms with E-state index in [4.69, 9.17) is 11.6 Å². The van der Waals surface area contributed by atoms with E-state index >= 15 is 0 Å². The highest BCUT2D eigenvalue weighted by atomic mass is 79.9. The first-order valence-electron chi connectivity index (χ1n) is 2.46. The van der Waals surface area contributed by atoms with E-state index in [9.17, 15) is 4.79 Å². The van der Waals surface area contributed by atoms with Gasteiger partial charge in [0.2, 0.25) is 5.24 Å². The van der Waals surface area contributed by atoms with Crippen molar-refractivity contribution < 1.29 is 4.79 Å². The zero-order valence-corrected chi connectivity index (χ0v) is 7.96. The van der Waals surface area contributed by atoms with Gasteiger partial charge in [-0.25, -0.2) is 4.98 Å². The van der Waals surface area contributed by atoms with Crippen LogP contribution in [0.25, 0.3) is 0 Å². The number of rotatable bonds is 2. The molecule has 1 aromatic heterocycles. The SMILES string of the molecule is O=C(Cl)Cc1csc(Br)n1. The summed E-state index contributed by atoms with van der Waals surface area (Å²) in [5.74, 6) is 0. The molecule has 0 radical (unpaired) electrons. The van der Waals surface area contributed by atoms with E-state index in [1.165, 1.54) is 11.3 Å². The fraction of sp³-hybridized carbons (Fsp3) is 0.200. The van der Waals surface area contributed by atoms with Gasteiger partial charge in [0.1, 0.15) is 0 Å². The predicted octanol–water partition coefficient (Wildman–Crippen LogP) is 2.21. The van der Waals surface area contributed by atoms with Crippen molar-refractivity contribution in [3.8, 4) is 0 Å². The third-order valence-electron chi connectivity index (χ3n) is 0.844. The van der Waals surface area contributed by atoms with Crippen molar-refractivity contribution in [3.05, 3.63) is 15.0 Å². The molecule has 1 heterocycles. The molecule has 0 unspecified atom stereocenters. The van der Waals surface area contributed by atoms with E-state index < -0.39 is 0 Å². The Kier molecular flexibility index (Phi) is 2.82. The lowest BCUT2D eigenvalue weighted by Crippen LogP contribution is -1.92. The number of nitrogens with zero attached hydrogens (tertiary/aromatic N) is 1. The van der Waals surface area contributed by atoms with Crippen LogP contribution in [0.4, 0.5) is 0 Å². The molecular weight excluding hydrogens is 237 g/mol. The summed E-state index contributed by atoms with van der Waals surface area (Å²) in [7, 11) is 0. The fourth-order valence-electron chi connectivity index (χ4n) is 0.506. The smallest absolute Gasteiger partial charge is 0.227 e. The summed E-state index contributed by atoms with van der Waals surface area (Å²) in [5.41, 5.74) is 0.719. The molecule has 0 atom stereocenters. The summed E-state index contributed by atoms with van der Waals surface area (Å²) in [4.78, 5) is 14.3. The lowest BCUT2D eigenvalue weighted by atomic mass is 10.4. The number of aromatic nitrogens is 1. The van der Waals surface area contributed by atoms with Gasteiger partial charge in [0.15, 0.2) is 3.92 Å². The molecule has 0 spiro atoms. The highest BCUT2D eigenvalue weighted by Gasteiger charge is 2.02. The summed E-state index contributed by atoms with van der Waals surface area (Å²) in [6.07, 6.45) is 0.212. The van der Waals surface area contributed by atoms with Gasteiger partial charge in [-0.1, -0.05) is 0 Å². The molecule has 0 aliphatic rings. The van der Waals surface area contributed by atoms with Gasteiger partial charge in [0, 0.05) is 5.38 Å². The monoisotopic (exact) mass is 239 g/mol. The molecule has 0 aliphatic heterocycles. The number of hydrogen-bond donors (Lipinski definition) is 0. The first-order valence-corrected chi connectivity index (χ1v) is 4.52. The normalized spacial score (nSPS) is 9.80. The van der Waals surface area contributed by atoms with Crippen LogP contribution in [0.2, 0.25) is 0 Å². The average molecular weight is 241 g/mol. The van der Waals surface area contributed by atoms with Crippen LogP contribution in [-0.2, 0) is 11.2 Å². The van der Waals surface area contributed by atoms with E-state index in [1.807, 2.05) is 0 Å². The number of carbonyl (C=O) groups is 1. The summed E-state index contributed by atoms with van der Waals surface area (Å²) in [6.45, 7) is 0. The number of halogens is 2. The topological polar surface area (TPSA) is 30.0 Å². The van der Waals surface area contributed by atoms with E-state index in [-0.39, 0.29) is 11.7 Å². The van der Waals surface area contributed by atoms with Crippen LogP contribution < -0.4 is 0 Å². The maximum Gasteiger partial charge on any atom is 0.227 e. The third kappa shape index (κ3) is 2.36. The van der Waals surface area contributed by atoms with Gasteiger partial charge in [-0.05, 0) is 27.5 Å². The molecule has 0 saturated carbocycles. The summed E-state index contributed by atoms with van der Waals surface area (Å²) in [6, 6.07) is 0. The van der Waals surface area contributed by atoms with Gasteiger partial charge in [0.05, 0.1) is 12.1 Å². The second kappa shape index (κ2) is 3.46. The van der Waals surface area contributed by atoms with Crippen LogP contribution in [0.15, 0.2) is 9.30 Å². The second-order valence-electron chi connectivity index (χ2n) is 1.62. The Balaban J connectivity index is 2.67. The molecule has 2 nitrogen and oxygen atoms in total. The number of carbonyl (C=O) groups excluding carboxylic acids is 1. The van der Waals surface area contributed by atoms with Crippen molar-refractivity contribution in [2.24, 2.45) is 0 Å². The minimum atomic E-state index is -0.377. The van der Waals surface area contributed by atoms with E-state index in [0.29, 0.717) is 0 Å². The van der Waals surface area contributed by atoms with Crippen molar-refractivity contribution in [1.82, 2.24) is 4.98 Å². The first-order chi connectivity index (χ1) is 4.68. The first kappa shape index (κ1) is 8.17. The molecule has 0 saturated heterocycles. The highest BCUT2D eigenvalue weighted by Crippen LogP contribution is 2.16. The van der Waals surface area contributed by atoms with Crippen LogP contribution in [0.1, 0.15) is 5.69 Å². The average Bonchev–Trinajstić information content (AvgIpc) is 2.13. The fourth-order valence-corrected chi connectivity index (χ4v) is 1.69. The summed E-state index contributed by atoms with van der Waals surface area (Å²) >= 11 is 9.75. The maximum atomic E-state index is 10.3. The molecule has 54 valence electrons. The largest absolute Gasteiger partial charge is 0.281 e. The second-order valence-corrected chi connectivity index (χ2v) is 4.18. The molecule has 0 fully saturated rings. The molecule has 1 aromatic rings. The molecule has 0 aliphatic carbocycles. The van der Waals surface area contributed by atoms with Crippen LogP contribution in [0.5, 0.6) is 0 Å². The summed E-state index contributed by atoms with van der Waals surface area (Å²) in [5, 5.41) is 1.42. The number of hydrogen-bond acceptors (Lipinski definition) is 3. The molecule has 10 heavy (non-hydrogen) atoms. The van der Waals surface area contributed by atoms with Crippen molar-refractivity contribution in [2.75, 3.05) is 0 Å². The molecule has 5 heteroatoms. The van der Waals surface area contributed by atoms with Crippen LogP contribution >= 0.6 is 38.9 Å². The molecule has 0 N–H and O–H groups in total. The van der Waals surface area contributed by atoms with E-state index in [0.717, 1.165) is 9.61 Å². The predicted molar refractivity (Wildman–Crippen MR) is 44.4 cm³/mol. The Bertz CT molecular complexity index is 250. The Morgan fingerprint density at radius 3 is 3.00 bits per heavy atom. The third-order valence-corrected chi connectivity index (χ3v) is 2.39. The zero-order valence-electron chi connectivity index (χ0n) is 4.80. The van der Waals surface area contributed by atoms with Crippen molar-refractivity contribution in [2.45, 2.75) is 6.42 Å². The van der Waals surface area contributed by atoms with Gasteiger partial charge < -0.3 is 0 Å². The minimum absolute atomic E-state index is 0.212. The van der Waals surface area contributed by atoms with Crippen molar-refractivity contribution in [1.29, 1.82) is 0 Å². The minimum Gasteiger partial charge on any atom is -0.281 e. The maximum absolute atomic E-state index is 10.3. The molecule has 1 rings (SSSR count). The quantitative estimate of drug-likeness (QED) is 0.742. The lowest BCUT2D eigenvalue weighted by molar-refractivity contribution is -0.111. The summed E-state index contributed by atoms with van der Waals surface area (Å²) < 4.78 is 0.778. The van der Waals surface area contributed by atoms with Gasteiger partial charge >= 0.3 is 0 Å².